The average molecular weight is 363 g/mol. The fourth-order valence-electron chi connectivity index (χ4n) is 1.81. The van der Waals surface area contributed by atoms with E-state index >= 15 is 0 Å². The van der Waals surface area contributed by atoms with E-state index < -0.39 is 23.7 Å². The standard InChI is InChI=1S/C18H16ClFN2O3/c1-12(25-15-9-7-14(20)8-10-15)18(24)22-21-17(23)11-6-13-4-2-3-5-16(13)19/h2-12H,1H3,(H,21,23)(H,22,24)/b11-6+/t12-/m0/s1. The van der Waals surface area contributed by atoms with Crippen molar-refractivity contribution in [1.82, 2.24) is 10.9 Å². The molecule has 5 nitrogen and oxygen atoms in total. The minimum atomic E-state index is -0.877. The molecule has 0 aromatic heterocycles. The largest absolute Gasteiger partial charge is 0.481 e. The van der Waals surface area contributed by atoms with Gasteiger partial charge in [-0.2, -0.15) is 0 Å². The van der Waals surface area contributed by atoms with Gasteiger partial charge in [0.05, 0.1) is 0 Å². The number of hydrazine groups is 1. The molecule has 2 amide bonds. The minimum absolute atomic E-state index is 0.342. The van der Waals surface area contributed by atoms with Crippen LogP contribution in [0, 0.1) is 5.82 Å². The summed E-state index contributed by atoms with van der Waals surface area (Å²) in [6.07, 6.45) is 1.90. The number of carbonyl (C=O) groups is 2. The quantitative estimate of drug-likeness (QED) is 0.634. The van der Waals surface area contributed by atoms with Crippen LogP contribution >= 0.6 is 11.6 Å². The lowest BCUT2D eigenvalue weighted by Crippen LogP contribution is -2.46. The summed E-state index contributed by atoms with van der Waals surface area (Å²) in [4.78, 5) is 23.6. The lowest BCUT2D eigenvalue weighted by Gasteiger charge is -2.14. The molecule has 130 valence electrons. The number of hydrogen-bond donors (Lipinski definition) is 2. The fourth-order valence-corrected chi connectivity index (χ4v) is 2.01. The molecule has 2 aromatic carbocycles. The predicted octanol–water partition coefficient (Wildman–Crippen LogP) is 3.11. The molecule has 0 radical (unpaired) electrons. The second kappa shape index (κ2) is 8.84. The summed E-state index contributed by atoms with van der Waals surface area (Å²) in [7, 11) is 0. The molecule has 0 heterocycles. The third kappa shape index (κ3) is 5.93. The highest BCUT2D eigenvalue weighted by atomic mass is 35.5. The Labute approximate surface area is 149 Å². The predicted molar refractivity (Wildman–Crippen MR) is 93.3 cm³/mol. The first-order valence-electron chi connectivity index (χ1n) is 7.40. The summed E-state index contributed by atoms with van der Waals surface area (Å²) >= 11 is 5.97. The molecule has 0 aliphatic rings. The van der Waals surface area contributed by atoms with Crippen LogP contribution < -0.4 is 15.6 Å². The van der Waals surface area contributed by atoms with E-state index in [2.05, 4.69) is 10.9 Å². The Kier molecular flexibility index (Phi) is 6.54. The Balaban J connectivity index is 1.81. The van der Waals surface area contributed by atoms with E-state index in [0.717, 1.165) is 0 Å². The van der Waals surface area contributed by atoms with Crippen molar-refractivity contribution in [1.29, 1.82) is 0 Å². The number of hydrogen-bond acceptors (Lipinski definition) is 3. The van der Waals surface area contributed by atoms with Gasteiger partial charge >= 0.3 is 0 Å². The molecular weight excluding hydrogens is 347 g/mol. The molecule has 2 aromatic rings. The van der Waals surface area contributed by atoms with Crippen molar-refractivity contribution in [3.05, 3.63) is 71.0 Å². The number of halogens is 2. The third-order valence-corrected chi connectivity index (χ3v) is 3.47. The second-order valence-electron chi connectivity index (χ2n) is 5.05. The van der Waals surface area contributed by atoms with Crippen LogP contribution in [-0.2, 0) is 9.59 Å². The molecule has 25 heavy (non-hydrogen) atoms. The van der Waals surface area contributed by atoms with Gasteiger partial charge in [-0.25, -0.2) is 4.39 Å². The molecule has 0 spiro atoms. The smallest absolute Gasteiger partial charge is 0.279 e. The summed E-state index contributed by atoms with van der Waals surface area (Å²) in [6, 6.07) is 12.3. The first-order chi connectivity index (χ1) is 12.0. The SMILES string of the molecule is C[C@H](Oc1ccc(F)cc1)C(=O)NNC(=O)/C=C/c1ccccc1Cl. The Bertz CT molecular complexity index is 778. The van der Waals surface area contributed by atoms with Crippen molar-refractivity contribution < 1.29 is 18.7 Å². The average Bonchev–Trinajstić information content (AvgIpc) is 2.60. The Morgan fingerprint density at radius 1 is 1.12 bits per heavy atom. The van der Waals surface area contributed by atoms with Crippen molar-refractivity contribution in [3.8, 4) is 5.75 Å². The number of carbonyl (C=O) groups excluding carboxylic acids is 2. The van der Waals surface area contributed by atoms with Crippen LogP contribution in [0.1, 0.15) is 12.5 Å². The zero-order chi connectivity index (χ0) is 18.2. The van der Waals surface area contributed by atoms with E-state index in [0.29, 0.717) is 16.3 Å². The van der Waals surface area contributed by atoms with Crippen molar-refractivity contribution in [2.75, 3.05) is 0 Å². The number of benzene rings is 2. The summed E-state index contributed by atoms with van der Waals surface area (Å²) in [6.45, 7) is 1.50. The maximum atomic E-state index is 12.8. The molecule has 0 unspecified atom stereocenters. The van der Waals surface area contributed by atoms with E-state index in [-0.39, 0.29) is 0 Å². The van der Waals surface area contributed by atoms with E-state index in [9.17, 15) is 14.0 Å². The summed E-state index contributed by atoms with van der Waals surface area (Å²) < 4.78 is 18.2. The summed E-state index contributed by atoms with van der Waals surface area (Å²) in [5.74, 6) is -1.14. The number of rotatable bonds is 5. The molecular formula is C18H16ClFN2O3. The Hall–Kier alpha value is -2.86. The molecule has 0 saturated carbocycles. The molecule has 7 heteroatoms. The number of nitrogens with one attached hydrogen (secondary N) is 2. The van der Waals surface area contributed by atoms with Gasteiger partial charge in [0.25, 0.3) is 11.8 Å². The summed E-state index contributed by atoms with van der Waals surface area (Å²) in [5.41, 5.74) is 5.16. The van der Waals surface area contributed by atoms with Crippen LogP contribution in [0.2, 0.25) is 5.02 Å². The van der Waals surface area contributed by atoms with Crippen LogP contribution in [0.15, 0.2) is 54.6 Å². The maximum Gasteiger partial charge on any atom is 0.279 e. The first-order valence-corrected chi connectivity index (χ1v) is 7.78. The van der Waals surface area contributed by atoms with E-state index in [1.165, 1.54) is 43.3 Å². The maximum absolute atomic E-state index is 12.8. The second-order valence-corrected chi connectivity index (χ2v) is 5.45. The van der Waals surface area contributed by atoms with Crippen LogP contribution in [0.25, 0.3) is 6.08 Å². The molecule has 2 N–H and O–H groups in total. The highest BCUT2D eigenvalue weighted by Crippen LogP contribution is 2.16. The van der Waals surface area contributed by atoms with Crippen molar-refractivity contribution >= 4 is 29.5 Å². The number of ether oxygens (including phenoxy) is 1. The minimum Gasteiger partial charge on any atom is -0.481 e. The van der Waals surface area contributed by atoms with E-state index in [1.807, 2.05) is 0 Å². The van der Waals surface area contributed by atoms with Gasteiger partial charge in [0.2, 0.25) is 0 Å². The fraction of sp³-hybridized carbons (Fsp3) is 0.111. The van der Waals surface area contributed by atoms with Gasteiger partial charge in [-0.05, 0) is 48.9 Å². The monoisotopic (exact) mass is 362 g/mol. The molecule has 2 rings (SSSR count). The molecule has 0 fully saturated rings. The molecule has 0 aliphatic heterocycles. The van der Waals surface area contributed by atoms with Crippen molar-refractivity contribution in [2.24, 2.45) is 0 Å². The topological polar surface area (TPSA) is 67.4 Å². The van der Waals surface area contributed by atoms with Crippen molar-refractivity contribution in [3.63, 3.8) is 0 Å². The van der Waals surface area contributed by atoms with Crippen LogP contribution in [0.5, 0.6) is 5.75 Å². The summed E-state index contributed by atoms with van der Waals surface area (Å²) in [5, 5.41) is 0.511. The van der Waals surface area contributed by atoms with Crippen LogP contribution in [0.4, 0.5) is 4.39 Å². The van der Waals surface area contributed by atoms with Gasteiger partial charge < -0.3 is 4.74 Å². The normalized spacial score (nSPS) is 11.8. The van der Waals surface area contributed by atoms with E-state index in [4.69, 9.17) is 16.3 Å². The highest BCUT2D eigenvalue weighted by molar-refractivity contribution is 6.32. The Morgan fingerprint density at radius 3 is 2.48 bits per heavy atom. The molecule has 0 aliphatic carbocycles. The molecule has 0 saturated heterocycles. The van der Waals surface area contributed by atoms with Gasteiger partial charge in [-0.15, -0.1) is 0 Å². The highest BCUT2D eigenvalue weighted by Gasteiger charge is 2.14. The Morgan fingerprint density at radius 2 is 1.80 bits per heavy atom. The van der Waals surface area contributed by atoms with Gasteiger partial charge in [-0.1, -0.05) is 29.8 Å². The third-order valence-electron chi connectivity index (χ3n) is 3.12. The first kappa shape index (κ1) is 18.5. The molecule has 1 atom stereocenters. The van der Waals surface area contributed by atoms with Gasteiger partial charge in [-0.3, -0.25) is 20.4 Å². The lowest BCUT2D eigenvalue weighted by atomic mass is 10.2. The van der Waals surface area contributed by atoms with Crippen LogP contribution in [-0.4, -0.2) is 17.9 Å². The van der Waals surface area contributed by atoms with E-state index in [1.54, 1.807) is 24.3 Å². The lowest BCUT2D eigenvalue weighted by molar-refractivity contribution is -0.131. The number of amides is 2. The van der Waals surface area contributed by atoms with Gasteiger partial charge in [0, 0.05) is 11.1 Å². The van der Waals surface area contributed by atoms with Gasteiger partial charge in [0.15, 0.2) is 6.10 Å². The van der Waals surface area contributed by atoms with Crippen molar-refractivity contribution in [2.45, 2.75) is 13.0 Å². The molecule has 0 bridgehead atoms. The zero-order valence-electron chi connectivity index (χ0n) is 13.3. The van der Waals surface area contributed by atoms with Gasteiger partial charge in [0.1, 0.15) is 11.6 Å². The van der Waals surface area contributed by atoms with Crippen LogP contribution in [0.3, 0.4) is 0 Å². The zero-order valence-corrected chi connectivity index (χ0v) is 14.1.